The molecule has 1 saturated heterocycles. The number of carboxylic acids is 1. The molecule has 0 aromatic rings. The van der Waals surface area contributed by atoms with Crippen LogP contribution in [0, 0.1) is 23.2 Å². The number of piperidine rings is 1. The molecule has 6 nitrogen and oxygen atoms in total. The van der Waals surface area contributed by atoms with Gasteiger partial charge in [-0.25, -0.2) is 0 Å². The Morgan fingerprint density at radius 1 is 1.34 bits per heavy atom. The summed E-state index contributed by atoms with van der Waals surface area (Å²) in [6.45, 7) is 12.9. The Morgan fingerprint density at radius 2 is 1.97 bits per heavy atom. The van der Waals surface area contributed by atoms with E-state index in [0.717, 1.165) is 25.5 Å². The lowest BCUT2D eigenvalue weighted by molar-refractivity contribution is -0.134. The summed E-state index contributed by atoms with van der Waals surface area (Å²) in [6, 6.07) is 0.349. The topological polar surface area (TPSA) is 95.5 Å². The maximum atomic E-state index is 12.9. The number of fused-ring (bicyclic) bond motifs is 2. The molecule has 0 radical (unpaired) electrons. The molecule has 3 rings (SSSR count). The van der Waals surface area contributed by atoms with E-state index in [2.05, 4.69) is 43.2 Å². The van der Waals surface area contributed by atoms with Crippen molar-refractivity contribution < 1.29 is 19.5 Å². The molecule has 160 valence electrons. The molecule has 5 unspecified atom stereocenters. The number of amides is 1. The highest BCUT2D eigenvalue weighted by atomic mass is 16.4. The summed E-state index contributed by atoms with van der Waals surface area (Å²) in [7, 11) is 0. The second-order valence-electron chi connectivity index (χ2n) is 9.04. The summed E-state index contributed by atoms with van der Waals surface area (Å²) >= 11 is 0. The van der Waals surface area contributed by atoms with E-state index in [9.17, 15) is 9.59 Å². The number of nitrogens with one attached hydrogen (secondary N) is 2. The molecule has 0 aromatic heterocycles. The number of rotatable bonds is 3. The van der Waals surface area contributed by atoms with Crippen LogP contribution in [-0.2, 0) is 14.4 Å². The van der Waals surface area contributed by atoms with Crippen LogP contribution in [0.1, 0.15) is 53.9 Å². The van der Waals surface area contributed by atoms with Crippen LogP contribution in [0.15, 0.2) is 36.1 Å². The Bertz CT molecular complexity index is 746. The lowest BCUT2D eigenvalue weighted by Crippen LogP contribution is -2.52. The predicted octanol–water partition coefficient (Wildman–Crippen LogP) is 3.21. The number of Topliss-reactive ketones (excluding diaryl/α,β-unsaturated/α-hetero) is 1. The minimum absolute atomic E-state index is 0.00818. The summed E-state index contributed by atoms with van der Waals surface area (Å²) in [5, 5.41) is 14.2. The fraction of sp³-hybridized carbons (Fsp3) is 0.609. The molecular weight excluding hydrogens is 368 g/mol. The van der Waals surface area contributed by atoms with Crippen molar-refractivity contribution in [2.75, 3.05) is 0 Å². The molecular formula is C23H34N2O4. The molecule has 1 amide bonds. The number of carbonyl (C=O) groups is 3. The van der Waals surface area contributed by atoms with Crippen molar-refractivity contribution in [3.05, 3.63) is 36.1 Å². The second kappa shape index (κ2) is 8.97. The van der Waals surface area contributed by atoms with Gasteiger partial charge in [0.25, 0.3) is 5.97 Å². The normalized spacial score (nSPS) is 30.8. The molecule has 3 N–H and O–H groups in total. The maximum absolute atomic E-state index is 12.9. The first kappa shape index (κ1) is 22.9. The number of carbonyl (C=O) groups excluding carboxylic acids is 2. The first-order valence-corrected chi connectivity index (χ1v) is 10.3. The van der Waals surface area contributed by atoms with Crippen LogP contribution < -0.4 is 10.6 Å². The van der Waals surface area contributed by atoms with Crippen LogP contribution in [-0.4, -0.2) is 34.8 Å². The zero-order valence-corrected chi connectivity index (χ0v) is 18.1. The van der Waals surface area contributed by atoms with Crippen LogP contribution in [0.4, 0.5) is 0 Å². The summed E-state index contributed by atoms with van der Waals surface area (Å²) in [6.07, 6.45) is 8.28. The third-order valence-electron chi connectivity index (χ3n) is 6.07. The van der Waals surface area contributed by atoms with Crippen molar-refractivity contribution >= 4 is 17.7 Å². The van der Waals surface area contributed by atoms with Gasteiger partial charge in [-0.2, -0.15) is 0 Å². The summed E-state index contributed by atoms with van der Waals surface area (Å²) in [4.78, 5) is 34.4. The maximum Gasteiger partial charge on any atom is 0.300 e. The molecule has 3 aliphatic rings. The molecule has 29 heavy (non-hydrogen) atoms. The van der Waals surface area contributed by atoms with Gasteiger partial charge < -0.3 is 15.7 Å². The number of hydrogen-bond acceptors (Lipinski definition) is 4. The van der Waals surface area contributed by atoms with E-state index in [1.54, 1.807) is 6.08 Å². The Hall–Kier alpha value is -2.37. The van der Waals surface area contributed by atoms with E-state index in [0.29, 0.717) is 24.2 Å². The third kappa shape index (κ3) is 5.17. The molecule has 0 saturated carbocycles. The van der Waals surface area contributed by atoms with Crippen LogP contribution in [0.3, 0.4) is 0 Å². The van der Waals surface area contributed by atoms with Gasteiger partial charge in [-0.1, -0.05) is 25.2 Å². The fourth-order valence-corrected chi connectivity index (χ4v) is 4.47. The lowest BCUT2D eigenvalue weighted by atomic mass is 9.67. The van der Waals surface area contributed by atoms with Crippen LogP contribution in [0.5, 0.6) is 0 Å². The van der Waals surface area contributed by atoms with E-state index >= 15 is 0 Å². The largest absolute Gasteiger partial charge is 0.481 e. The van der Waals surface area contributed by atoms with Gasteiger partial charge in [-0.3, -0.25) is 14.4 Å². The standard InChI is InChI=1S/C21H30N2O2.C2H4O2/c1-6-21(4,5)20(25)23-16-9-7-8-14-15(16)11-17(24)18-12(2)10-13(3)22-19(14)18;1-2(3)4/h6-8,12-13,15-16,18,22H,1,9-11H2,2-5H3,(H,23,25);1H3,(H,3,4). The van der Waals surface area contributed by atoms with Crippen LogP contribution >= 0.6 is 0 Å². The van der Waals surface area contributed by atoms with Gasteiger partial charge in [-0.15, -0.1) is 6.58 Å². The van der Waals surface area contributed by atoms with Gasteiger partial charge in [-0.05, 0) is 45.1 Å². The average molecular weight is 403 g/mol. The Kier molecular flexibility index (Phi) is 7.09. The van der Waals surface area contributed by atoms with Gasteiger partial charge in [0.15, 0.2) is 0 Å². The van der Waals surface area contributed by atoms with Crippen molar-refractivity contribution in [3.63, 3.8) is 0 Å². The van der Waals surface area contributed by atoms with Crippen LogP contribution in [0.25, 0.3) is 0 Å². The molecule has 0 spiro atoms. The van der Waals surface area contributed by atoms with Gasteiger partial charge in [0.2, 0.25) is 5.91 Å². The highest BCUT2D eigenvalue weighted by molar-refractivity contribution is 5.88. The smallest absolute Gasteiger partial charge is 0.300 e. The van der Waals surface area contributed by atoms with E-state index in [1.807, 2.05) is 13.8 Å². The molecule has 0 bridgehead atoms. The number of carboxylic acid groups (broad SMARTS) is 1. The number of hydrogen-bond donors (Lipinski definition) is 3. The van der Waals surface area contributed by atoms with Crippen molar-refractivity contribution in [1.82, 2.24) is 10.6 Å². The van der Waals surface area contributed by atoms with Gasteiger partial charge >= 0.3 is 0 Å². The first-order valence-electron chi connectivity index (χ1n) is 10.3. The van der Waals surface area contributed by atoms with E-state index in [-0.39, 0.29) is 23.8 Å². The highest BCUT2D eigenvalue weighted by Crippen LogP contribution is 2.43. The minimum atomic E-state index is -0.833. The van der Waals surface area contributed by atoms with E-state index in [4.69, 9.17) is 9.90 Å². The molecule has 0 aromatic carbocycles. The molecule has 1 fully saturated rings. The Morgan fingerprint density at radius 3 is 2.55 bits per heavy atom. The highest BCUT2D eigenvalue weighted by Gasteiger charge is 2.44. The summed E-state index contributed by atoms with van der Waals surface area (Å²) < 4.78 is 0. The predicted molar refractivity (Wildman–Crippen MR) is 113 cm³/mol. The summed E-state index contributed by atoms with van der Waals surface area (Å²) in [5.41, 5.74) is 1.71. The number of aliphatic carboxylic acids is 1. The Balaban J connectivity index is 0.000000687. The molecule has 1 aliphatic heterocycles. The van der Waals surface area contributed by atoms with Gasteiger partial charge in [0.1, 0.15) is 5.78 Å². The van der Waals surface area contributed by atoms with Crippen molar-refractivity contribution in [3.8, 4) is 0 Å². The van der Waals surface area contributed by atoms with Gasteiger partial charge in [0.05, 0.1) is 11.3 Å². The lowest BCUT2D eigenvalue weighted by Gasteiger charge is -2.44. The van der Waals surface area contributed by atoms with Gasteiger partial charge in [0, 0.05) is 37.0 Å². The first-order chi connectivity index (χ1) is 13.5. The zero-order valence-electron chi connectivity index (χ0n) is 18.1. The fourth-order valence-electron chi connectivity index (χ4n) is 4.47. The SMILES string of the molecule is C=CC(C)(C)C(=O)NC1CC=CC2=C3NC(C)CC(C)C3C(=O)CC21.CC(=O)O. The number of ketones is 1. The van der Waals surface area contributed by atoms with Crippen molar-refractivity contribution in [2.45, 2.75) is 66.0 Å². The monoisotopic (exact) mass is 402 g/mol. The molecule has 1 heterocycles. The summed E-state index contributed by atoms with van der Waals surface area (Å²) in [5.74, 6) is -0.118. The molecule has 2 aliphatic carbocycles. The molecule has 6 heteroatoms. The molecule has 5 atom stereocenters. The van der Waals surface area contributed by atoms with Crippen molar-refractivity contribution in [1.29, 1.82) is 0 Å². The number of allylic oxidation sites excluding steroid dienone is 2. The third-order valence-corrected chi connectivity index (χ3v) is 6.07. The van der Waals surface area contributed by atoms with Crippen LogP contribution in [0.2, 0.25) is 0 Å². The minimum Gasteiger partial charge on any atom is -0.481 e. The van der Waals surface area contributed by atoms with E-state index in [1.165, 1.54) is 5.57 Å². The van der Waals surface area contributed by atoms with Crippen molar-refractivity contribution in [2.24, 2.45) is 23.2 Å². The average Bonchev–Trinajstić information content (AvgIpc) is 2.61. The zero-order chi connectivity index (χ0) is 21.9. The quantitative estimate of drug-likeness (QED) is 0.630. The Labute approximate surface area is 173 Å². The second-order valence-corrected chi connectivity index (χ2v) is 9.04. The van der Waals surface area contributed by atoms with E-state index < -0.39 is 11.4 Å².